The zero-order valence-electron chi connectivity index (χ0n) is 19.1. The quantitative estimate of drug-likeness (QED) is 0.510. The van der Waals surface area contributed by atoms with Crippen molar-refractivity contribution >= 4 is 40.5 Å². The topological polar surface area (TPSA) is 85.2 Å². The van der Waals surface area contributed by atoms with E-state index in [1.807, 2.05) is 12.1 Å². The standard InChI is InChI=1S/C25H25F3N4O2S/c1-30-22(33)7-2-4-16-8-11-19(12-9-16)31-24(35)32(23(34)17-5-3-6-17)20-13-10-18(15-29)21(14-20)25(26,27)28/h8-14,17H,2-7H2,1H3,(H,30,33)(H,31,35). The number of halogens is 3. The zero-order valence-corrected chi connectivity index (χ0v) is 19.9. The first kappa shape index (κ1) is 26.2. The van der Waals surface area contributed by atoms with E-state index in [1.54, 1.807) is 25.2 Å². The van der Waals surface area contributed by atoms with Gasteiger partial charge in [0.2, 0.25) is 11.8 Å². The summed E-state index contributed by atoms with van der Waals surface area (Å²) in [5, 5.41) is 14.6. The monoisotopic (exact) mass is 502 g/mol. The molecular formula is C25H25F3N4O2S. The smallest absolute Gasteiger partial charge is 0.359 e. The van der Waals surface area contributed by atoms with E-state index in [9.17, 15) is 22.8 Å². The molecule has 1 saturated carbocycles. The summed E-state index contributed by atoms with van der Waals surface area (Å²) in [5.74, 6) is -0.721. The second-order valence-electron chi connectivity index (χ2n) is 8.29. The summed E-state index contributed by atoms with van der Waals surface area (Å²) in [6.07, 6.45) is -0.786. The summed E-state index contributed by atoms with van der Waals surface area (Å²) >= 11 is 5.45. The van der Waals surface area contributed by atoms with Gasteiger partial charge < -0.3 is 10.6 Å². The fraction of sp³-hybridized carbons (Fsp3) is 0.360. The summed E-state index contributed by atoms with van der Waals surface area (Å²) in [4.78, 5) is 25.6. The molecule has 2 aromatic carbocycles. The van der Waals surface area contributed by atoms with Gasteiger partial charge in [0.25, 0.3) is 0 Å². The van der Waals surface area contributed by atoms with Crippen LogP contribution in [0.2, 0.25) is 0 Å². The molecule has 0 bridgehead atoms. The predicted molar refractivity (Wildman–Crippen MR) is 131 cm³/mol. The van der Waals surface area contributed by atoms with Crippen molar-refractivity contribution in [1.82, 2.24) is 5.32 Å². The molecule has 0 atom stereocenters. The third-order valence-corrected chi connectivity index (χ3v) is 6.20. The summed E-state index contributed by atoms with van der Waals surface area (Å²) < 4.78 is 40.6. The third-order valence-electron chi connectivity index (χ3n) is 5.92. The molecule has 0 unspecified atom stereocenters. The lowest BCUT2D eigenvalue weighted by atomic mass is 9.84. The van der Waals surface area contributed by atoms with Crippen LogP contribution in [0.1, 0.15) is 48.8 Å². The Bertz CT molecular complexity index is 1140. The average Bonchev–Trinajstić information content (AvgIpc) is 2.78. The van der Waals surface area contributed by atoms with Gasteiger partial charge in [0.1, 0.15) is 0 Å². The molecule has 35 heavy (non-hydrogen) atoms. The second-order valence-corrected chi connectivity index (χ2v) is 8.68. The van der Waals surface area contributed by atoms with Crippen molar-refractivity contribution in [2.75, 3.05) is 17.3 Å². The molecule has 6 nitrogen and oxygen atoms in total. The maximum absolute atomic E-state index is 13.5. The first-order valence-corrected chi connectivity index (χ1v) is 11.6. The van der Waals surface area contributed by atoms with Crippen LogP contribution in [0.15, 0.2) is 42.5 Å². The molecule has 0 radical (unpaired) electrons. The van der Waals surface area contributed by atoms with E-state index in [0.29, 0.717) is 37.8 Å². The number of rotatable bonds is 7. The largest absolute Gasteiger partial charge is 0.417 e. The van der Waals surface area contributed by atoms with E-state index in [2.05, 4.69) is 10.6 Å². The number of nitriles is 1. The van der Waals surface area contributed by atoms with Gasteiger partial charge in [-0.25, -0.2) is 0 Å². The van der Waals surface area contributed by atoms with Crippen molar-refractivity contribution in [2.45, 2.75) is 44.7 Å². The molecule has 1 aliphatic rings. The molecule has 2 N–H and O–H groups in total. The van der Waals surface area contributed by atoms with Crippen LogP contribution in [-0.2, 0) is 22.2 Å². The van der Waals surface area contributed by atoms with Gasteiger partial charge in [-0.2, -0.15) is 18.4 Å². The number of carbonyl (C=O) groups is 2. The fourth-order valence-electron chi connectivity index (χ4n) is 3.70. The van der Waals surface area contributed by atoms with Crippen LogP contribution in [0.25, 0.3) is 0 Å². The number of thiocarbonyl (C=S) groups is 1. The molecule has 184 valence electrons. The van der Waals surface area contributed by atoms with Crippen molar-refractivity contribution in [3.8, 4) is 6.07 Å². The predicted octanol–water partition coefficient (Wildman–Crippen LogP) is 5.18. The minimum Gasteiger partial charge on any atom is -0.359 e. The van der Waals surface area contributed by atoms with E-state index in [-0.39, 0.29) is 28.5 Å². The number of alkyl halides is 3. The Kier molecular flexibility index (Phi) is 8.46. The number of benzene rings is 2. The molecule has 1 aliphatic carbocycles. The van der Waals surface area contributed by atoms with E-state index in [0.717, 1.165) is 29.0 Å². The summed E-state index contributed by atoms with van der Waals surface area (Å²) in [6.45, 7) is 0. The van der Waals surface area contributed by atoms with Crippen molar-refractivity contribution in [3.05, 3.63) is 59.2 Å². The van der Waals surface area contributed by atoms with E-state index < -0.39 is 17.3 Å². The minimum absolute atomic E-state index is 0.0265. The van der Waals surface area contributed by atoms with Gasteiger partial charge in [0.15, 0.2) is 5.11 Å². The Morgan fingerprint density at radius 3 is 2.40 bits per heavy atom. The van der Waals surface area contributed by atoms with Crippen molar-refractivity contribution < 1.29 is 22.8 Å². The Morgan fingerprint density at radius 2 is 1.86 bits per heavy atom. The van der Waals surface area contributed by atoms with Gasteiger partial charge in [-0.15, -0.1) is 0 Å². The molecule has 2 aromatic rings. The molecule has 0 heterocycles. The molecule has 0 spiro atoms. The van der Waals surface area contributed by atoms with Crippen LogP contribution in [-0.4, -0.2) is 24.0 Å². The number of carbonyl (C=O) groups excluding carboxylic acids is 2. The lowest BCUT2D eigenvalue weighted by Crippen LogP contribution is -2.45. The normalized spacial score (nSPS) is 13.3. The van der Waals surface area contributed by atoms with E-state index in [4.69, 9.17) is 17.5 Å². The first-order chi connectivity index (χ1) is 16.6. The highest BCUT2D eigenvalue weighted by Gasteiger charge is 2.37. The minimum atomic E-state index is -4.76. The van der Waals surface area contributed by atoms with Crippen LogP contribution in [0, 0.1) is 17.2 Å². The zero-order chi connectivity index (χ0) is 25.6. The molecular weight excluding hydrogens is 477 g/mol. The van der Waals surface area contributed by atoms with Crippen molar-refractivity contribution in [1.29, 1.82) is 5.26 Å². The van der Waals surface area contributed by atoms with Crippen LogP contribution in [0.5, 0.6) is 0 Å². The first-order valence-electron chi connectivity index (χ1n) is 11.2. The maximum atomic E-state index is 13.5. The number of amides is 2. The number of anilines is 2. The van der Waals surface area contributed by atoms with Crippen LogP contribution in [0.3, 0.4) is 0 Å². The number of hydrogen-bond acceptors (Lipinski definition) is 4. The SMILES string of the molecule is CNC(=O)CCCc1ccc(NC(=S)N(C(=O)C2CCC2)c2ccc(C#N)c(C(F)(F)F)c2)cc1. The number of nitrogens with zero attached hydrogens (tertiary/aromatic N) is 2. The van der Waals surface area contributed by atoms with Crippen molar-refractivity contribution in [2.24, 2.45) is 5.92 Å². The Balaban J connectivity index is 1.81. The Hall–Kier alpha value is -3.45. The van der Waals surface area contributed by atoms with E-state index in [1.165, 1.54) is 6.07 Å². The number of aryl methyl sites for hydroxylation is 1. The van der Waals surface area contributed by atoms with Gasteiger partial charge in [-0.3, -0.25) is 14.5 Å². The fourth-order valence-corrected chi connectivity index (χ4v) is 4.01. The second kappa shape index (κ2) is 11.3. The molecule has 2 amide bonds. The number of hydrogen-bond donors (Lipinski definition) is 2. The van der Waals surface area contributed by atoms with Gasteiger partial charge >= 0.3 is 6.18 Å². The maximum Gasteiger partial charge on any atom is 0.417 e. The third kappa shape index (κ3) is 6.57. The van der Waals surface area contributed by atoms with Crippen LogP contribution in [0.4, 0.5) is 24.5 Å². The van der Waals surface area contributed by atoms with Gasteiger partial charge in [-0.05, 0) is 73.8 Å². The highest BCUT2D eigenvalue weighted by atomic mass is 32.1. The summed E-state index contributed by atoms with van der Waals surface area (Å²) in [7, 11) is 1.59. The summed E-state index contributed by atoms with van der Waals surface area (Å²) in [6, 6.07) is 11.9. The molecule has 1 fully saturated rings. The van der Waals surface area contributed by atoms with Gasteiger partial charge in [0.05, 0.1) is 22.9 Å². The highest BCUT2D eigenvalue weighted by Crippen LogP contribution is 2.36. The van der Waals surface area contributed by atoms with Crippen LogP contribution < -0.4 is 15.5 Å². The van der Waals surface area contributed by atoms with Gasteiger partial charge in [0, 0.05) is 25.1 Å². The molecule has 10 heteroatoms. The van der Waals surface area contributed by atoms with Crippen molar-refractivity contribution in [3.63, 3.8) is 0 Å². The number of nitrogens with one attached hydrogen (secondary N) is 2. The molecule has 0 aliphatic heterocycles. The summed E-state index contributed by atoms with van der Waals surface area (Å²) in [5.41, 5.74) is -0.108. The van der Waals surface area contributed by atoms with Crippen LogP contribution >= 0.6 is 12.2 Å². The molecule has 0 saturated heterocycles. The highest BCUT2D eigenvalue weighted by molar-refractivity contribution is 7.80. The molecule has 0 aromatic heterocycles. The average molecular weight is 503 g/mol. The Morgan fingerprint density at radius 1 is 1.17 bits per heavy atom. The lowest BCUT2D eigenvalue weighted by Gasteiger charge is -2.32. The Labute approximate surface area is 207 Å². The molecule has 3 rings (SSSR count). The lowest BCUT2D eigenvalue weighted by molar-refractivity contribution is -0.137. The van der Waals surface area contributed by atoms with E-state index >= 15 is 0 Å². The van der Waals surface area contributed by atoms with Gasteiger partial charge in [-0.1, -0.05) is 18.6 Å².